The zero-order valence-corrected chi connectivity index (χ0v) is 15.4. The van der Waals surface area contributed by atoms with E-state index >= 15 is 0 Å². The Morgan fingerprint density at radius 1 is 0.880 bits per heavy atom. The molecule has 0 saturated carbocycles. The molecule has 0 aliphatic rings. The van der Waals surface area contributed by atoms with Crippen molar-refractivity contribution in [2.45, 2.75) is 77.6 Å². The molecule has 1 aromatic carbocycles. The predicted molar refractivity (Wildman–Crippen MR) is 99.7 cm³/mol. The Morgan fingerprint density at radius 2 is 1.48 bits per heavy atom. The third-order valence-corrected chi connectivity index (χ3v) is 4.89. The minimum atomic E-state index is -0.862. The lowest BCUT2D eigenvalue weighted by atomic mass is 9.73. The summed E-state index contributed by atoms with van der Waals surface area (Å²) >= 11 is 0. The maximum atomic E-state index is 12.1. The molecule has 0 fully saturated rings. The topological polar surface area (TPSA) is 74.6 Å². The van der Waals surface area contributed by atoms with Crippen LogP contribution in [-0.4, -0.2) is 22.2 Å². The largest absolute Gasteiger partial charge is 0.481 e. The van der Waals surface area contributed by atoms with Crippen LogP contribution in [0.1, 0.15) is 76.7 Å². The van der Waals surface area contributed by atoms with Crippen molar-refractivity contribution in [3.05, 3.63) is 35.9 Å². The van der Waals surface area contributed by atoms with Gasteiger partial charge in [-0.1, -0.05) is 75.8 Å². The molecule has 1 rings (SSSR count). The first kappa shape index (κ1) is 21.2. The summed E-state index contributed by atoms with van der Waals surface area (Å²) in [6, 6.07) is 9.67. The minimum Gasteiger partial charge on any atom is -0.481 e. The average molecular weight is 348 g/mol. The van der Waals surface area contributed by atoms with Crippen LogP contribution in [-0.2, 0) is 16.0 Å². The van der Waals surface area contributed by atoms with Crippen molar-refractivity contribution in [3.8, 4) is 0 Å². The predicted octanol–water partition coefficient (Wildman–Crippen LogP) is 5.31. The van der Waals surface area contributed by atoms with Gasteiger partial charge in [-0.3, -0.25) is 9.59 Å². The molecule has 0 aromatic heterocycles. The molecule has 1 unspecified atom stereocenters. The molecule has 0 spiro atoms. The average Bonchev–Trinajstić information content (AvgIpc) is 2.58. The Balaban J connectivity index is 2.73. The summed E-state index contributed by atoms with van der Waals surface area (Å²) in [4.78, 5) is 22.9. The van der Waals surface area contributed by atoms with Crippen LogP contribution in [0.15, 0.2) is 30.3 Å². The summed E-state index contributed by atoms with van der Waals surface area (Å²) in [7, 11) is 0. The van der Waals surface area contributed by atoms with Crippen molar-refractivity contribution in [3.63, 3.8) is 0 Å². The van der Waals surface area contributed by atoms with E-state index in [1.54, 1.807) is 0 Å². The highest BCUT2D eigenvalue weighted by Gasteiger charge is 2.37. The number of unbranched alkanes of at least 4 members (excludes halogenated alkanes) is 5. The van der Waals surface area contributed by atoms with Gasteiger partial charge in [-0.15, -0.1) is 0 Å². The van der Waals surface area contributed by atoms with Crippen LogP contribution in [0, 0.1) is 5.41 Å². The van der Waals surface area contributed by atoms with E-state index in [0.717, 1.165) is 24.8 Å². The smallest absolute Gasteiger partial charge is 0.309 e. The first-order chi connectivity index (χ1) is 12.0. The fourth-order valence-corrected chi connectivity index (χ4v) is 3.40. The van der Waals surface area contributed by atoms with E-state index in [9.17, 15) is 14.7 Å². The second-order valence-electron chi connectivity index (χ2n) is 7.01. The molecular formula is C21H32O4. The van der Waals surface area contributed by atoms with Gasteiger partial charge in [0, 0.05) is 6.42 Å². The summed E-state index contributed by atoms with van der Waals surface area (Å²) in [5.74, 6) is -1.66. The van der Waals surface area contributed by atoms with Crippen molar-refractivity contribution in [1.29, 1.82) is 0 Å². The molecule has 0 amide bonds. The molecule has 4 nitrogen and oxygen atoms in total. The van der Waals surface area contributed by atoms with Crippen molar-refractivity contribution in [2.75, 3.05) is 0 Å². The Morgan fingerprint density at radius 3 is 2.08 bits per heavy atom. The fraction of sp³-hybridized carbons (Fsp3) is 0.619. The van der Waals surface area contributed by atoms with Gasteiger partial charge in [-0.2, -0.15) is 0 Å². The highest BCUT2D eigenvalue weighted by atomic mass is 16.4. The highest BCUT2D eigenvalue weighted by molar-refractivity contribution is 5.75. The number of rotatable bonds is 14. The summed E-state index contributed by atoms with van der Waals surface area (Å²) in [5, 5.41) is 18.8. The number of hydrogen-bond acceptors (Lipinski definition) is 2. The zero-order valence-electron chi connectivity index (χ0n) is 15.4. The Bertz CT molecular complexity index is 512. The van der Waals surface area contributed by atoms with Gasteiger partial charge in [-0.25, -0.2) is 0 Å². The molecule has 1 atom stereocenters. The van der Waals surface area contributed by atoms with Gasteiger partial charge in [0.1, 0.15) is 0 Å². The molecule has 25 heavy (non-hydrogen) atoms. The van der Waals surface area contributed by atoms with E-state index < -0.39 is 17.4 Å². The van der Waals surface area contributed by atoms with E-state index in [2.05, 4.69) is 6.92 Å². The van der Waals surface area contributed by atoms with Crippen LogP contribution < -0.4 is 0 Å². The summed E-state index contributed by atoms with van der Waals surface area (Å²) in [6.45, 7) is 2.18. The normalized spacial score (nSPS) is 13.3. The number of carbonyl (C=O) groups is 2. The molecular weight excluding hydrogens is 316 g/mol. The van der Waals surface area contributed by atoms with E-state index in [1.165, 1.54) is 19.3 Å². The lowest BCUT2D eigenvalue weighted by Crippen LogP contribution is -2.34. The number of aliphatic carboxylic acids is 2. The second-order valence-corrected chi connectivity index (χ2v) is 7.01. The quantitative estimate of drug-likeness (QED) is 0.447. The van der Waals surface area contributed by atoms with Crippen LogP contribution in [0.5, 0.6) is 0 Å². The zero-order chi connectivity index (χ0) is 18.5. The van der Waals surface area contributed by atoms with Gasteiger partial charge in [-0.05, 0) is 31.2 Å². The molecule has 2 N–H and O–H groups in total. The molecule has 4 heteroatoms. The molecule has 0 saturated heterocycles. The molecule has 0 aliphatic heterocycles. The lowest BCUT2D eigenvalue weighted by molar-refractivity contribution is -0.150. The minimum absolute atomic E-state index is 0.0281. The standard InChI is InChI=1S/C21H32O4/c1-2-3-4-5-6-10-15-21(20(24)25,16-11-14-19(22)23)17-18-12-8-7-9-13-18/h7-9,12-13H,2-6,10-11,14-17H2,1H3,(H,22,23)(H,24,25). The third-order valence-electron chi connectivity index (χ3n) is 4.89. The lowest BCUT2D eigenvalue weighted by Gasteiger charge is -2.30. The maximum absolute atomic E-state index is 12.1. The van der Waals surface area contributed by atoms with E-state index in [4.69, 9.17) is 5.11 Å². The summed E-state index contributed by atoms with van der Waals surface area (Å²) < 4.78 is 0. The van der Waals surface area contributed by atoms with Gasteiger partial charge >= 0.3 is 11.9 Å². The van der Waals surface area contributed by atoms with E-state index in [0.29, 0.717) is 25.7 Å². The van der Waals surface area contributed by atoms with Crippen molar-refractivity contribution in [2.24, 2.45) is 5.41 Å². The van der Waals surface area contributed by atoms with E-state index in [1.807, 2.05) is 30.3 Å². The van der Waals surface area contributed by atoms with Gasteiger partial charge in [0.2, 0.25) is 0 Å². The van der Waals surface area contributed by atoms with Crippen LogP contribution in [0.3, 0.4) is 0 Å². The molecule has 1 aromatic rings. The van der Waals surface area contributed by atoms with Gasteiger partial charge < -0.3 is 10.2 Å². The molecule has 0 bridgehead atoms. The van der Waals surface area contributed by atoms with Crippen LogP contribution in [0.2, 0.25) is 0 Å². The van der Waals surface area contributed by atoms with Crippen LogP contribution >= 0.6 is 0 Å². The maximum Gasteiger partial charge on any atom is 0.309 e. The van der Waals surface area contributed by atoms with Crippen molar-refractivity contribution in [1.82, 2.24) is 0 Å². The molecule has 0 radical (unpaired) electrons. The van der Waals surface area contributed by atoms with Gasteiger partial charge in [0.25, 0.3) is 0 Å². The molecule has 140 valence electrons. The SMILES string of the molecule is CCCCCCCCC(CCCC(=O)O)(Cc1ccccc1)C(=O)O. The summed E-state index contributed by atoms with van der Waals surface area (Å²) in [6.07, 6.45) is 8.63. The molecule has 0 aliphatic carbocycles. The Labute approximate surface area is 151 Å². The van der Waals surface area contributed by atoms with Crippen molar-refractivity contribution < 1.29 is 19.8 Å². The first-order valence-corrected chi connectivity index (χ1v) is 9.49. The Hall–Kier alpha value is -1.84. The van der Waals surface area contributed by atoms with Crippen LogP contribution in [0.25, 0.3) is 0 Å². The Kier molecular flexibility index (Phi) is 9.90. The molecule has 0 heterocycles. The monoisotopic (exact) mass is 348 g/mol. The van der Waals surface area contributed by atoms with Crippen molar-refractivity contribution >= 4 is 11.9 Å². The first-order valence-electron chi connectivity index (χ1n) is 9.49. The number of benzene rings is 1. The van der Waals surface area contributed by atoms with E-state index in [-0.39, 0.29) is 6.42 Å². The highest BCUT2D eigenvalue weighted by Crippen LogP contribution is 2.36. The summed E-state index contributed by atoms with van der Waals surface area (Å²) in [5.41, 5.74) is 0.146. The van der Waals surface area contributed by atoms with Crippen LogP contribution in [0.4, 0.5) is 0 Å². The number of hydrogen-bond donors (Lipinski definition) is 2. The second kappa shape index (κ2) is 11.7. The van der Waals surface area contributed by atoms with Gasteiger partial charge in [0.15, 0.2) is 0 Å². The fourth-order valence-electron chi connectivity index (χ4n) is 3.40. The third kappa shape index (κ3) is 8.19. The van der Waals surface area contributed by atoms with Gasteiger partial charge in [0.05, 0.1) is 5.41 Å². The number of carboxylic acid groups (broad SMARTS) is 2. The number of carboxylic acids is 2.